The van der Waals surface area contributed by atoms with Crippen LogP contribution in [0.2, 0.25) is 0 Å². The number of nitrogens with zero attached hydrogens (tertiary/aromatic N) is 2. The molecule has 0 atom stereocenters. The molecule has 1 aliphatic carbocycles. The van der Waals surface area contributed by atoms with Crippen molar-refractivity contribution in [1.29, 1.82) is 0 Å². The molecule has 0 spiro atoms. The maximum absolute atomic E-state index is 15.4. The van der Waals surface area contributed by atoms with Crippen LogP contribution in [-0.2, 0) is 20.1 Å². The van der Waals surface area contributed by atoms with E-state index in [1.807, 2.05) is 97.1 Å². The molecule has 0 N–H and O–H groups in total. The van der Waals surface area contributed by atoms with Crippen LogP contribution in [0.1, 0.15) is 63.4 Å². The van der Waals surface area contributed by atoms with E-state index in [0.29, 0.717) is 35.1 Å². The van der Waals surface area contributed by atoms with Gasteiger partial charge in [0.05, 0.1) is 6.95 Å². The smallest absolute Gasteiger partial charge is 0.204 e. The summed E-state index contributed by atoms with van der Waals surface area (Å²) < 4.78 is 65.2. The Morgan fingerprint density at radius 2 is 1.57 bits per heavy atom. The Kier molecular flexibility index (Phi) is 9.25. The van der Waals surface area contributed by atoms with Crippen LogP contribution in [0.4, 0.5) is 4.39 Å². The van der Waals surface area contributed by atoms with Crippen molar-refractivity contribution in [2.75, 3.05) is 0 Å². The van der Waals surface area contributed by atoms with E-state index in [9.17, 15) is 1.37 Å². The normalized spacial score (nSPS) is 16.1. The van der Waals surface area contributed by atoms with E-state index >= 15 is 4.39 Å². The van der Waals surface area contributed by atoms with Crippen molar-refractivity contribution in [2.24, 2.45) is 5.41 Å². The number of hydrogen-bond acceptors (Lipinski definition) is 3. The Morgan fingerprint density at radius 3 is 2.33 bits per heavy atom. The third-order valence-electron chi connectivity index (χ3n) is 10.1. The van der Waals surface area contributed by atoms with Gasteiger partial charge in [-0.2, -0.15) is 4.39 Å². The molecule has 5 heteroatoms. The van der Waals surface area contributed by atoms with Crippen molar-refractivity contribution in [3.05, 3.63) is 169 Å². The zero-order chi connectivity index (χ0) is 40.7. The van der Waals surface area contributed by atoms with E-state index in [0.717, 1.165) is 52.1 Å². The first-order chi connectivity index (χ1) is 27.8. The summed E-state index contributed by atoms with van der Waals surface area (Å²) in [6.07, 6.45) is 4.62. The number of para-hydroxylation sites is 1. The van der Waals surface area contributed by atoms with Gasteiger partial charge in [-0.05, 0) is 95.2 Å². The summed E-state index contributed by atoms with van der Waals surface area (Å²) in [6, 6.07) is 45.3. The number of halogens is 1. The van der Waals surface area contributed by atoms with Crippen molar-refractivity contribution in [3.8, 4) is 44.8 Å². The standard InChI is InChI=1S/C38H33FNO.C11H8N.Ir/c1-24-21-27(25-17-19-38(2,3)20-18-25)15-16-29(24)28-22-34(40-35(39)23-28)33-14-8-13-32-31-12-7-11-30(36(31)41-37(32)33)26-9-5-4-6-10-26;1-2-6-10(7-3-1)11-8-4-5-9-12-11;/h4-13,15-16,21-23,25H,17-20H2,1-3H3;1-6,8-9H;/q2*-1;/i1D3,16D,25D;;. The average Bonchev–Trinajstić information content (AvgIpc) is 3.62. The van der Waals surface area contributed by atoms with Gasteiger partial charge in [0, 0.05) is 42.7 Å². The van der Waals surface area contributed by atoms with Gasteiger partial charge in [-0.1, -0.05) is 110 Å². The van der Waals surface area contributed by atoms with Crippen LogP contribution in [0.15, 0.2) is 144 Å². The molecule has 0 unspecified atom stereocenters. The minimum Gasteiger partial charge on any atom is -0.500 e. The Labute approximate surface area is 337 Å². The third-order valence-corrected chi connectivity index (χ3v) is 10.1. The minimum atomic E-state index is -2.59. The van der Waals surface area contributed by atoms with Crippen LogP contribution < -0.4 is 0 Å². The molecule has 3 heterocycles. The van der Waals surface area contributed by atoms with E-state index in [4.69, 9.17) is 9.90 Å². The van der Waals surface area contributed by atoms with E-state index in [2.05, 4.69) is 35.9 Å². The van der Waals surface area contributed by atoms with Gasteiger partial charge in [-0.15, -0.1) is 54.1 Å². The molecule has 0 aliphatic heterocycles. The number of aryl methyl sites for hydroxylation is 1. The summed E-state index contributed by atoms with van der Waals surface area (Å²) in [5.74, 6) is -1.80. The summed E-state index contributed by atoms with van der Waals surface area (Å²) in [6.45, 7) is 1.77. The average molecular weight is 890 g/mol. The molecule has 3 aromatic heterocycles. The second-order valence-corrected chi connectivity index (χ2v) is 14.2. The second kappa shape index (κ2) is 16.0. The van der Waals surface area contributed by atoms with E-state index in [1.165, 1.54) is 0 Å². The van der Waals surface area contributed by atoms with Crippen LogP contribution in [0.5, 0.6) is 0 Å². The van der Waals surface area contributed by atoms with Gasteiger partial charge in [0.1, 0.15) is 5.58 Å². The number of pyridine rings is 2. The maximum Gasteiger partial charge on any atom is 0.204 e. The molecule has 0 bridgehead atoms. The van der Waals surface area contributed by atoms with Gasteiger partial charge >= 0.3 is 0 Å². The number of rotatable bonds is 5. The van der Waals surface area contributed by atoms with Gasteiger partial charge in [-0.3, -0.25) is 4.98 Å². The number of fused-ring (bicyclic) bond motifs is 3. The molecule has 8 aromatic rings. The molecule has 0 saturated heterocycles. The first-order valence-electron chi connectivity index (χ1n) is 20.4. The van der Waals surface area contributed by atoms with Crippen LogP contribution >= 0.6 is 0 Å². The molecule has 1 fully saturated rings. The fraction of sp³-hybridized carbons (Fsp3) is 0.184. The van der Waals surface area contributed by atoms with Gasteiger partial charge in [0.2, 0.25) is 5.95 Å². The molecular formula is C49H41FIrN2O-2. The molecule has 3 nitrogen and oxygen atoms in total. The Morgan fingerprint density at radius 1 is 0.778 bits per heavy atom. The molecule has 9 rings (SSSR count). The summed E-state index contributed by atoms with van der Waals surface area (Å²) in [4.78, 5) is 8.40. The number of aromatic nitrogens is 2. The molecule has 1 aliphatic rings. The van der Waals surface area contributed by atoms with Gasteiger partial charge in [0.25, 0.3) is 0 Å². The first kappa shape index (κ1) is 31.2. The quantitative estimate of drug-likeness (QED) is 0.128. The second-order valence-electron chi connectivity index (χ2n) is 14.2. The number of benzene rings is 5. The molecule has 5 aromatic carbocycles. The maximum atomic E-state index is 15.4. The van der Waals surface area contributed by atoms with Crippen LogP contribution in [0.25, 0.3) is 66.7 Å². The number of furan rings is 1. The summed E-state index contributed by atoms with van der Waals surface area (Å²) in [7, 11) is 0. The van der Waals surface area contributed by atoms with Crippen molar-refractivity contribution < 1.29 is 35.8 Å². The Balaban J connectivity index is 0.000000347. The molecular weight excluding hydrogens is 844 g/mol. The minimum absolute atomic E-state index is 0. The zero-order valence-corrected chi connectivity index (χ0v) is 32.4. The molecule has 54 heavy (non-hydrogen) atoms. The first-order valence-corrected chi connectivity index (χ1v) is 17.9. The summed E-state index contributed by atoms with van der Waals surface area (Å²) in [5.41, 5.74) is 6.65. The fourth-order valence-corrected chi connectivity index (χ4v) is 7.10. The molecule has 0 amide bonds. The van der Waals surface area contributed by atoms with Gasteiger partial charge in [0.15, 0.2) is 0 Å². The van der Waals surface area contributed by atoms with E-state index in [1.54, 1.807) is 30.5 Å². The predicted octanol–water partition coefficient (Wildman–Crippen LogP) is 13.5. The van der Waals surface area contributed by atoms with Crippen LogP contribution in [-0.4, -0.2) is 9.97 Å². The molecule has 1 saturated carbocycles. The Hall–Kier alpha value is -5.22. The number of hydrogen-bond donors (Lipinski definition) is 0. The van der Waals surface area contributed by atoms with Gasteiger partial charge in [-0.25, -0.2) is 0 Å². The SMILES string of the molecule is [2H]c1cc(C2([2H])CCC(C)(C)CC2)cc(C([2H])([2H])[2H])c1-c1cc(F)nc(-c2[c-]ccc3c2oc2c(-c4ccccc4)cccc23)c1.[Ir].[c-]1ccccc1-c1ccccn1. The monoisotopic (exact) mass is 890 g/mol. The predicted molar refractivity (Wildman–Crippen MR) is 215 cm³/mol. The zero-order valence-electron chi connectivity index (χ0n) is 35.0. The van der Waals surface area contributed by atoms with Crippen LogP contribution in [0, 0.1) is 30.3 Å². The van der Waals surface area contributed by atoms with Gasteiger partial charge < -0.3 is 9.40 Å². The third kappa shape index (κ3) is 7.85. The van der Waals surface area contributed by atoms with Crippen molar-refractivity contribution in [2.45, 2.75) is 52.3 Å². The van der Waals surface area contributed by atoms with Crippen LogP contribution in [0.3, 0.4) is 0 Å². The van der Waals surface area contributed by atoms with Crippen molar-refractivity contribution >= 4 is 21.9 Å². The molecule has 1 radical (unpaired) electrons. The summed E-state index contributed by atoms with van der Waals surface area (Å²) in [5, 5.41) is 1.71. The Bertz CT molecular complexity index is 2690. The largest absolute Gasteiger partial charge is 0.500 e. The van der Waals surface area contributed by atoms with Crippen molar-refractivity contribution in [1.82, 2.24) is 9.97 Å². The summed E-state index contributed by atoms with van der Waals surface area (Å²) >= 11 is 0. The van der Waals surface area contributed by atoms with E-state index in [-0.39, 0.29) is 53.9 Å². The topological polar surface area (TPSA) is 38.9 Å². The molecule has 271 valence electrons. The van der Waals surface area contributed by atoms with Crippen molar-refractivity contribution in [3.63, 3.8) is 0 Å². The fourth-order valence-electron chi connectivity index (χ4n) is 7.10. The van der Waals surface area contributed by atoms with E-state index < -0.39 is 18.7 Å².